The summed E-state index contributed by atoms with van der Waals surface area (Å²) in [5.74, 6) is 0.0762. The van der Waals surface area contributed by atoms with Crippen molar-refractivity contribution in [3.8, 4) is 0 Å². The molecule has 0 unspecified atom stereocenters. The van der Waals surface area contributed by atoms with Gasteiger partial charge in [0, 0.05) is 12.0 Å². The molecule has 0 aromatic rings. The minimum atomic E-state index is -0.360. The SMILES string of the molecule is C=CC(=O)OCCCC1COCOC1. The van der Waals surface area contributed by atoms with Gasteiger partial charge in [-0.3, -0.25) is 0 Å². The van der Waals surface area contributed by atoms with E-state index in [-0.39, 0.29) is 5.97 Å². The molecule has 4 heteroatoms. The Morgan fingerprint density at radius 1 is 1.50 bits per heavy atom. The van der Waals surface area contributed by atoms with Crippen molar-refractivity contribution in [1.82, 2.24) is 0 Å². The van der Waals surface area contributed by atoms with Gasteiger partial charge < -0.3 is 14.2 Å². The molecule has 0 aromatic carbocycles. The molecule has 0 N–H and O–H groups in total. The van der Waals surface area contributed by atoms with Gasteiger partial charge in [-0.05, 0) is 12.8 Å². The fourth-order valence-corrected chi connectivity index (χ4v) is 1.31. The summed E-state index contributed by atoms with van der Waals surface area (Å²) in [7, 11) is 0. The summed E-state index contributed by atoms with van der Waals surface area (Å²) < 4.78 is 15.1. The minimum absolute atomic E-state index is 0.360. The summed E-state index contributed by atoms with van der Waals surface area (Å²) in [6, 6.07) is 0. The Balaban J connectivity index is 1.97. The van der Waals surface area contributed by atoms with Crippen LogP contribution < -0.4 is 0 Å². The lowest BCUT2D eigenvalue weighted by Gasteiger charge is -2.21. The van der Waals surface area contributed by atoms with Crippen LogP contribution in [0.3, 0.4) is 0 Å². The third-order valence-corrected chi connectivity index (χ3v) is 2.04. The average molecular weight is 200 g/mol. The van der Waals surface area contributed by atoms with E-state index in [9.17, 15) is 4.79 Å². The largest absolute Gasteiger partial charge is 0.463 e. The van der Waals surface area contributed by atoms with Crippen LogP contribution >= 0.6 is 0 Å². The first-order valence-corrected chi connectivity index (χ1v) is 4.77. The first kappa shape index (κ1) is 11.2. The van der Waals surface area contributed by atoms with Gasteiger partial charge in [0.15, 0.2) is 0 Å². The molecule has 80 valence electrons. The van der Waals surface area contributed by atoms with Crippen molar-refractivity contribution in [3.05, 3.63) is 12.7 Å². The first-order valence-electron chi connectivity index (χ1n) is 4.77. The summed E-state index contributed by atoms with van der Waals surface area (Å²) in [6.07, 6.45) is 2.98. The van der Waals surface area contributed by atoms with Gasteiger partial charge in [0.2, 0.25) is 0 Å². The predicted octanol–water partition coefficient (Wildman–Crippen LogP) is 1.12. The Hall–Kier alpha value is -0.870. The van der Waals surface area contributed by atoms with Crippen LogP contribution in [0.2, 0.25) is 0 Å². The lowest BCUT2D eigenvalue weighted by molar-refractivity contribution is -0.139. The molecule has 0 spiro atoms. The van der Waals surface area contributed by atoms with E-state index in [0.29, 0.717) is 19.3 Å². The molecular formula is C10H16O4. The van der Waals surface area contributed by atoms with Crippen molar-refractivity contribution in [3.63, 3.8) is 0 Å². The second kappa shape index (κ2) is 6.56. The van der Waals surface area contributed by atoms with Crippen LogP contribution in [0.25, 0.3) is 0 Å². The van der Waals surface area contributed by atoms with Crippen LogP contribution in [-0.2, 0) is 19.0 Å². The quantitative estimate of drug-likeness (QED) is 0.379. The number of hydrogen-bond acceptors (Lipinski definition) is 4. The van der Waals surface area contributed by atoms with Gasteiger partial charge in [0.1, 0.15) is 6.79 Å². The van der Waals surface area contributed by atoms with E-state index in [1.54, 1.807) is 0 Å². The van der Waals surface area contributed by atoms with Gasteiger partial charge in [-0.25, -0.2) is 4.79 Å². The molecule has 14 heavy (non-hydrogen) atoms. The highest BCUT2D eigenvalue weighted by atomic mass is 16.7. The second-order valence-corrected chi connectivity index (χ2v) is 3.24. The summed E-state index contributed by atoms with van der Waals surface area (Å²) in [5, 5.41) is 0. The maximum absolute atomic E-state index is 10.7. The normalized spacial score (nSPS) is 17.7. The highest BCUT2D eigenvalue weighted by molar-refractivity contribution is 5.81. The van der Waals surface area contributed by atoms with Crippen LogP contribution in [0.4, 0.5) is 0 Å². The van der Waals surface area contributed by atoms with Crippen LogP contribution in [0.15, 0.2) is 12.7 Å². The van der Waals surface area contributed by atoms with Crippen molar-refractivity contribution >= 4 is 5.97 Å². The lowest BCUT2D eigenvalue weighted by atomic mass is 10.1. The topological polar surface area (TPSA) is 44.8 Å². The second-order valence-electron chi connectivity index (χ2n) is 3.24. The van der Waals surface area contributed by atoms with Gasteiger partial charge in [0.05, 0.1) is 19.8 Å². The number of carbonyl (C=O) groups is 1. The number of ether oxygens (including phenoxy) is 3. The molecule has 1 fully saturated rings. The average Bonchev–Trinajstić information content (AvgIpc) is 2.25. The van der Waals surface area contributed by atoms with E-state index in [4.69, 9.17) is 14.2 Å². The first-order chi connectivity index (χ1) is 6.83. The molecule has 1 rings (SSSR count). The standard InChI is InChI=1S/C10H16O4/c1-2-10(11)14-5-3-4-9-6-12-8-13-7-9/h2,9H,1,3-8H2. The number of rotatable bonds is 5. The number of hydrogen-bond donors (Lipinski definition) is 0. The van der Waals surface area contributed by atoms with Crippen LogP contribution in [0.1, 0.15) is 12.8 Å². The Bertz CT molecular complexity index is 185. The van der Waals surface area contributed by atoms with Gasteiger partial charge in [-0.1, -0.05) is 6.58 Å². The van der Waals surface area contributed by atoms with Crippen molar-refractivity contribution in [2.45, 2.75) is 12.8 Å². The molecule has 0 amide bonds. The lowest BCUT2D eigenvalue weighted by Crippen LogP contribution is -2.24. The molecule has 1 heterocycles. The summed E-state index contributed by atoms with van der Waals surface area (Å²) >= 11 is 0. The molecule has 1 aliphatic rings. The number of esters is 1. The van der Waals surface area contributed by atoms with Gasteiger partial charge in [-0.15, -0.1) is 0 Å². The van der Waals surface area contributed by atoms with Crippen molar-refractivity contribution in [1.29, 1.82) is 0 Å². The maximum Gasteiger partial charge on any atom is 0.330 e. The van der Waals surface area contributed by atoms with Crippen molar-refractivity contribution in [2.24, 2.45) is 5.92 Å². The van der Waals surface area contributed by atoms with E-state index in [1.807, 2.05) is 0 Å². The van der Waals surface area contributed by atoms with Gasteiger partial charge >= 0.3 is 5.97 Å². The van der Waals surface area contributed by atoms with Crippen molar-refractivity contribution in [2.75, 3.05) is 26.6 Å². The fraction of sp³-hybridized carbons (Fsp3) is 0.700. The fourth-order valence-electron chi connectivity index (χ4n) is 1.31. The van der Waals surface area contributed by atoms with E-state index in [2.05, 4.69) is 6.58 Å². The zero-order valence-electron chi connectivity index (χ0n) is 8.24. The van der Waals surface area contributed by atoms with Crippen LogP contribution in [0, 0.1) is 5.92 Å². The number of carbonyl (C=O) groups excluding carboxylic acids is 1. The van der Waals surface area contributed by atoms with E-state index in [1.165, 1.54) is 6.08 Å². The molecular weight excluding hydrogens is 184 g/mol. The summed E-state index contributed by atoms with van der Waals surface area (Å²) in [5.41, 5.74) is 0. The molecule has 1 saturated heterocycles. The van der Waals surface area contributed by atoms with Crippen LogP contribution in [-0.4, -0.2) is 32.6 Å². The van der Waals surface area contributed by atoms with Crippen molar-refractivity contribution < 1.29 is 19.0 Å². The monoisotopic (exact) mass is 200 g/mol. The predicted molar refractivity (Wildman–Crippen MR) is 50.7 cm³/mol. The van der Waals surface area contributed by atoms with Gasteiger partial charge in [-0.2, -0.15) is 0 Å². The molecule has 0 aromatic heterocycles. The molecule has 0 bridgehead atoms. The highest BCUT2D eigenvalue weighted by Gasteiger charge is 2.13. The smallest absolute Gasteiger partial charge is 0.330 e. The zero-order chi connectivity index (χ0) is 10.2. The zero-order valence-corrected chi connectivity index (χ0v) is 8.24. The molecule has 0 saturated carbocycles. The minimum Gasteiger partial charge on any atom is -0.463 e. The molecule has 4 nitrogen and oxygen atoms in total. The van der Waals surface area contributed by atoms with E-state index in [0.717, 1.165) is 26.1 Å². The Morgan fingerprint density at radius 3 is 2.86 bits per heavy atom. The Kier molecular flexibility index (Phi) is 5.25. The summed E-state index contributed by atoms with van der Waals surface area (Å²) in [4.78, 5) is 10.7. The third-order valence-electron chi connectivity index (χ3n) is 2.04. The highest BCUT2D eigenvalue weighted by Crippen LogP contribution is 2.11. The molecule has 1 aliphatic heterocycles. The molecule has 0 aliphatic carbocycles. The summed E-state index contributed by atoms with van der Waals surface area (Å²) in [6.45, 7) is 5.66. The van der Waals surface area contributed by atoms with E-state index < -0.39 is 0 Å². The third kappa shape index (κ3) is 4.39. The Labute approximate surface area is 83.8 Å². The Morgan fingerprint density at radius 2 is 2.21 bits per heavy atom. The van der Waals surface area contributed by atoms with Crippen LogP contribution in [0.5, 0.6) is 0 Å². The maximum atomic E-state index is 10.7. The molecule has 0 atom stereocenters. The molecule has 0 radical (unpaired) electrons. The van der Waals surface area contributed by atoms with E-state index >= 15 is 0 Å². The van der Waals surface area contributed by atoms with Gasteiger partial charge in [0.25, 0.3) is 0 Å².